The fourth-order valence-electron chi connectivity index (χ4n) is 0. The Kier molecular flexibility index (Phi) is 913. The van der Waals surface area contributed by atoms with Gasteiger partial charge in [-0.1, -0.05) is 0 Å². The molecule has 0 aromatic carbocycles. The van der Waals surface area contributed by atoms with E-state index in [-0.39, 0.29) is 286 Å². The predicted molar refractivity (Wildman–Crippen MR) is 40.3 cm³/mol. The van der Waals surface area contributed by atoms with E-state index in [4.69, 9.17) is 0 Å². The molecule has 0 saturated carbocycles. The van der Waals surface area contributed by atoms with Crippen LogP contribution in [0.1, 0.15) is 0 Å². The molecule has 0 atom stereocenters. The quantitative estimate of drug-likeness (QED) is 0.233. The minimum absolute atomic E-state index is 0. The molecule has 13 heteroatoms. The summed E-state index contributed by atoms with van der Waals surface area (Å²) in [7, 11) is 0. The van der Waals surface area contributed by atoms with Crippen LogP contribution in [0.5, 0.6) is 0 Å². The third-order valence-electron chi connectivity index (χ3n) is 0. The molecule has 0 nitrogen and oxygen atoms in total. The van der Waals surface area contributed by atoms with Crippen LogP contribution in [0.15, 0.2) is 0 Å². The van der Waals surface area contributed by atoms with E-state index in [1.807, 2.05) is 0 Å². The maximum Gasteiger partial charge on any atom is 0 e. The first-order valence-corrected chi connectivity index (χ1v) is 0. The van der Waals surface area contributed by atoms with Gasteiger partial charge in [-0.2, -0.15) is 0 Å². The van der Waals surface area contributed by atoms with Crippen molar-refractivity contribution >= 4 is 183 Å². The monoisotopic (exact) mass is 1790 g/mol. The molecule has 0 saturated heterocycles. The maximum atomic E-state index is 0. The minimum Gasteiger partial charge on any atom is 0 e. The van der Waals surface area contributed by atoms with E-state index in [2.05, 4.69) is 0 Å². The van der Waals surface area contributed by atoms with Crippen LogP contribution >= 0.6 is 0 Å². The second-order valence-corrected chi connectivity index (χ2v) is 0. The zero-order valence-electron chi connectivity index (χ0n) is 5.40. The Morgan fingerprint density at radius 2 is 0.154 bits per heavy atom. The van der Waals surface area contributed by atoms with Gasteiger partial charge in [0, 0.05) is 286 Å². The third-order valence-corrected chi connectivity index (χ3v) is 0. The molecule has 0 aliphatic heterocycles. The summed E-state index contributed by atoms with van der Waals surface area (Å²) < 4.78 is 0. The molecule has 0 aromatic heterocycles. The van der Waals surface area contributed by atoms with Gasteiger partial charge in [-0.05, 0) is 0 Å². The normalized spacial score (nSPS) is 0. The molecule has 0 aromatic rings. The van der Waals surface area contributed by atoms with Gasteiger partial charge in [0.2, 0.25) is 0 Å². The summed E-state index contributed by atoms with van der Waals surface area (Å²) in [6.07, 6.45) is 0. The number of hydrogen-bond donors (Lipinski definition) is 0. The summed E-state index contributed by atoms with van der Waals surface area (Å²) in [5.41, 5.74) is 0. The van der Waals surface area contributed by atoms with Gasteiger partial charge in [-0.25, -0.2) is 0 Å². The van der Waals surface area contributed by atoms with Gasteiger partial charge in [0.1, 0.15) is 0 Å². The second-order valence-electron chi connectivity index (χ2n) is 0. The Morgan fingerprint density at radius 3 is 0.154 bits per heavy atom. The summed E-state index contributed by atoms with van der Waals surface area (Å²) in [6.45, 7) is 0. The van der Waals surface area contributed by atoms with Crippen LogP contribution in [-0.4, -0.2) is 183 Å². The van der Waals surface area contributed by atoms with Crippen molar-refractivity contribution in [2.45, 2.75) is 0 Å². The van der Waals surface area contributed by atoms with E-state index >= 15 is 0 Å². The molecule has 0 aliphatic carbocycles. The molecule has 0 aliphatic rings. The van der Waals surface area contributed by atoms with Crippen LogP contribution in [0.25, 0.3) is 0 Å². The zero-order valence-corrected chi connectivity index (χ0v) is 36.8. The van der Waals surface area contributed by atoms with Crippen LogP contribution in [0, 0.1) is 0 Å². The molecular formula is Bi7Mn6. The Morgan fingerprint density at radius 1 is 0.154 bits per heavy atom. The second kappa shape index (κ2) is 101. The van der Waals surface area contributed by atoms with Crippen molar-refractivity contribution in [2.75, 3.05) is 0 Å². The number of hydrogen-bond acceptors (Lipinski definition) is 0. The average Bonchev–Trinajstić information content (AvgIpc) is 0. The molecule has 0 fully saturated rings. The molecule has 13 heavy (non-hydrogen) atoms. The van der Waals surface area contributed by atoms with E-state index in [0.29, 0.717) is 0 Å². The summed E-state index contributed by atoms with van der Waals surface area (Å²) in [4.78, 5) is 0. The van der Waals surface area contributed by atoms with Crippen LogP contribution in [0.4, 0.5) is 0 Å². The van der Waals surface area contributed by atoms with Gasteiger partial charge in [-0.3, -0.25) is 0 Å². The van der Waals surface area contributed by atoms with Crippen LogP contribution < -0.4 is 0 Å². The van der Waals surface area contributed by atoms with Crippen molar-refractivity contribution in [2.24, 2.45) is 0 Å². The first-order valence-electron chi connectivity index (χ1n) is 0. The van der Waals surface area contributed by atoms with E-state index < -0.39 is 0 Å². The Balaban J connectivity index is 0. The van der Waals surface area contributed by atoms with E-state index in [9.17, 15) is 0 Å². The van der Waals surface area contributed by atoms with Crippen molar-refractivity contribution < 1.29 is 102 Å². The SMILES string of the molecule is [Bi].[Bi].[Bi].[Bi].[Bi].[Bi].[Bi].[Mn].[Mn].[Mn].[Mn].[Mn].[Mn]. The molecule has 0 N–H and O–H groups in total. The fraction of sp³-hybridized carbons (Fsp3) is 0. The molecule has 0 rings (SSSR count). The molecule has 27 radical (unpaired) electrons. The summed E-state index contributed by atoms with van der Waals surface area (Å²) in [6, 6.07) is 0. The smallest absolute Gasteiger partial charge is 0 e. The third kappa shape index (κ3) is 91.7. The summed E-state index contributed by atoms with van der Waals surface area (Å²) in [5.74, 6) is 0. The van der Waals surface area contributed by atoms with Crippen LogP contribution in [-0.2, 0) is 102 Å². The van der Waals surface area contributed by atoms with Gasteiger partial charge in [0.05, 0.1) is 0 Å². The Bertz CT molecular complexity index is 12.9. The van der Waals surface area contributed by atoms with Gasteiger partial charge in [0.25, 0.3) is 0 Å². The maximum absolute atomic E-state index is 0. The molecular weight excluding hydrogens is 1790 g/mol. The standard InChI is InChI=1S/7Bi.6Mn. The Labute approximate surface area is 278 Å². The Hall–Kier alpha value is 9.30. The van der Waals surface area contributed by atoms with Gasteiger partial charge >= 0.3 is 0 Å². The van der Waals surface area contributed by atoms with Crippen molar-refractivity contribution in [3.8, 4) is 0 Å². The van der Waals surface area contributed by atoms with Crippen molar-refractivity contribution in [1.29, 1.82) is 0 Å². The largest absolute Gasteiger partial charge is 0 e. The van der Waals surface area contributed by atoms with E-state index in [0.717, 1.165) is 0 Å². The zero-order chi connectivity index (χ0) is 0. The molecule has 0 spiro atoms. The summed E-state index contributed by atoms with van der Waals surface area (Å²) >= 11 is 0. The predicted octanol–water partition coefficient (Wildman–Crippen LogP) is -2.68. The average molecular weight is 1790 g/mol. The van der Waals surface area contributed by atoms with Crippen LogP contribution in [0.2, 0.25) is 0 Å². The first kappa shape index (κ1) is 117. The fourth-order valence-corrected chi connectivity index (χ4v) is 0. The van der Waals surface area contributed by atoms with Gasteiger partial charge < -0.3 is 0 Å². The van der Waals surface area contributed by atoms with Gasteiger partial charge in [-0.15, -0.1) is 0 Å². The van der Waals surface area contributed by atoms with Gasteiger partial charge in [0.15, 0.2) is 0 Å². The summed E-state index contributed by atoms with van der Waals surface area (Å²) in [5, 5.41) is 0. The van der Waals surface area contributed by atoms with Crippen LogP contribution in [0.3, 0.4) is 0 Å². The molecule has 0 heterocycles. The molecule has 0 unspecified atom stereocenters. The minimum atomic E-state index is 0. The first-order chi connectivity index (χ1) is 0. The van der Waals surface area contributed by atoms with Crippen molar-refractivity contribution in [1.82, 2.24) is 0 Å². The van der Waals surface area contributed by atoms with Crippen molar-refractivity contribution in [3.05, 3.63) is 0 Å². The molecule has 77 valence electrons. The number of rotatable bonds is 0. The molecule has 0 amide bonds. The molecule has 0 bridgehead atoms. The van der Waals surface area contributed by atoms with E-state index in [1.54, 1.807) is 0 Å². The topological polar surface area (TPSA) is 0 Å². The van der Waals surface area contributed by atoms with Crippen molar-refractivity contribution in [3.63, 3.8) is 0 Å². The van der Waals surface area contributed by atoms with E-state index in [1.165, 1.54) is 0 Å².